The Kier molecular flexibility index (Phi) is 6.58. The van der Waals surface area contributed by atoms with E-state index < -0.39 is 0 Å². The van der Waals surface area contributed by atoms with E-state index in [-0.39, 0.29) is 0 Å². The number of hydrogen-bond donors (Lipinski definition) is 1. The van der Waals surface area contributed by atoms with Gasteiger partial charge in [0.2, 0.25) is 0 Å². The summed E-state index contributed by atoms with van der Waals surface area (Å²) in [6.07, 6.45) is 4.57. The van der Waals surface area contributed by atoms with Crippen LogP contribution in [0.1, 0.15) is 37.4 Å². The predicted octanol–water partition coefficient (Wildman–Crippen LogP) is 3.65. The number of hydrogen-bond acceptors (Lipinski definition) is 2. The molecule has 1 nitrogen and oxygen atoms in total. The number of nitrogens with one attached hydrogen (secondary N) is 1. The van der Waals surface area contributed by atoms with Gasteiger partial charge in [-0.25, -0.2) is 0 Å². The molecule has 0 amide bonds. The first-order valence-electron chi connectivity index (χ1n) is 6.13. The first kappa shape index (κ1) is 13.6. The summed E-state index contributed by atoms with van der Waals surface area (Å²) in [4.78, 5) is 0. The van der Waals surface area contributed by atoms with Gasteiger partial charge in [0.05, 0.1) is 0 Å². The molecule has 0 aliphatic heterocycles. The number of rotatable bonds is 7. The van der Waals surface area contributed by atoms with Crippen LogP contribution in [-0.2, 0) is 6.42 Å². The van der Waals surface area contributed by atoms with Gasteiger partial charge in [-0.15, -0.1) is 0 Å². The highest BCUT2D eigenvalue weighted by Crippen LogP contribution is 2.18. The molecule has 1 N–H and O–H groups in total. The van der Waals surface area contributed by atoms with Crippen molar-refractivity contribution in [3.63, 3.8) is 0 Å². The SMILES string of the molecule is CCCc1ccc(C(CSC)NCC)cc1. The third-order valence-corrected chi connectivity index (χ3v) is 3.37. The van der Waals surface area contributed by atoms with Crippen LogP contribution in [0.25, 0.3) is 0 Å². The smallest absolute Gasteiger partial charge is 0.0411 e. The molecule has 0 bridgehead atoms. The molecule has 2 heteroatoms. The molecule has 0 saturated carbocycles. The lowest BCUT2D eigenvalue weighted by atomic mass is 10.0. The Morgan fingerprint density at radius 3 is 2.38 bits per heavy atom. The van der Waals surface area contributed by atoms with Gasteiger partial charge in [0.1, 0.15) is 0 Å². The average molecular weight is 237 g/mol. The molecule has 16 heavy (non-hydrogen) atoms. The summed E-state index contributed by atoms with van der Waals surface area (Å²) in [7, 11) is 0. The summed E-state index contributed by atoms with van der Waals surface area (Å²) in [6, 6.07) is 9.58. The minimum absolute atomic E-state index is 0.496. The zero-order valence-corrected chi connectivity index (χ0v) is 11.4. The Balaban J connectivity index is 2.68. The van der Waals surface area contributed by atoms with Gasteiger partial charge >= 0.3 is 0 Å². The van der Waals surface area contributed by atoms with E-state index in [0.29, 0.717) is 6.04 Å². The molecular formula is C14H23NS. The Hall–Kier alpha value is -0.470. The van der Waals surface area contributed by atoms with Gasteiger partial charge in [0.15, 0.2) is 0 Å². The predicted molar refractivity (Wildman–Crippen MR) is 75.2 cm³/mol. The molecule has 1 aromatic rings. The second-order valence-electron chi connectivity index (χ2n) is 4.06. The van der Waals surface area contributed by atoms with Crippen LogP contribution < -0.4 is 5.32 Å². The van der Waals surface area contributed by atoms with Crippen LogP contribution in [0.4, 0.5) is 0 Å². The van der Waals surface area contributed by atoms with Gasteiger partial charge < -0.3 is 5.32 Å². The molecule has 0 aliphatic rings. The molecule has 0 radical (unpaired) electrons. The maximum atomic E-state index is 3.53. The van der Waals surface area contributed by atoms with Crippen molar-refractivity contribution in [1.29, 1.82) is 0 Å². The fraction of sp³-hybridized carbons (Fsp3) is 0.571. The van der Waals surface area contributed by atoms with Gasteiger partial charge in [-0.1, -0.05) is 44.5 Å². The molecule has 0 aromatic heterocycles. The van der Waals surface area contributed by atoms with E-state index in [2.05, 4.69) is 49.7 Å². The highest BCUT2D eigenvalue weighted by Gasteiger charge is 2.08. The summed E-state index contributed by atoms with van der Waals surface area (Å²) in [5, 5.41) is 3.53. The number of aryl methyl sites for hydroxylation is 1. The molecule has 1 rings (SSSR count). The summed E-state index contributed by atoms with van der Waals surface area (Å²) in [5.74, 6) is 1.14. The maximum absolute atomic E-state index is 3.53. The first-order valence-corrected chi connectivity index (χ1v) is 7.52. The van der Waals surface area contributed by atoms with Gasteiger partial charge in [-0.05, 0) is 30.3 Å². The standard InChI is InChI=1S/C14H23NS/c1-4-6-12-7-9-13(10-8-12)14(11-16-3)15-5-2/h7-10,14-15H,4-6,11H2,1-3H3. The first-order chi connectivity index (χ1) is 7.81. The molecule has 0 fully saturated rings. The lowest BCUT2D eigenvalue weighted by molar-refractivity contribution is 0.606. The van der Waals surface area contributed by atoms with E-state index in [1.54, 1.807) is 0 Å². The van der Waals surface area contributed by atoms with Gasteiger partial charge in [0.25, 0.3) is 0 Å². The van der Waals surface area contributed by atoms with E-state index in [0.717, 1.165) is 12.3 Å². The van der Waals surface area contributed by atoms with Crippen molar-refractivity contribution in [2.75, 3.05) is 18.6 Å². The fourth-order valence-corrected chi connectivity index (χ4v) is 2.53. The van der Waals surface area contributed by atoms with Crippen LogP contribution in [-0.4, -0.2) is 18.6 Å². The van der Waals surface area contributed by atoms with Gasteiger partial charge in [-0.2, -0.15) is 11.8 Å². The van der Waals surface area contributed by atoms with Crippen molar-refractivity contribution in [2.45, 2.75) is 32.7 Å². The van der Waals surface area contributed by atoms with E-state index in [1.165, 1.54) is 24.0 Å². The van der Waals surface area contributed by atoms with Crippen molar-refractivity contribution in [1.82, 2.24) is 5.32 Å². The Bertz CT molecular complexity index is 275. The Morgan fingerprint density at radius 2 is 1.88 bits per heavy atom. The zero-order chi connectivity index (χ0) is 11.8. The van der Waals surface area contributed by atoms with Gasteiger partial charge in [0, 0.05) is 11.8 Å². The lowest BCUT2D eigenvalue weighted by Crippen LogP contribution is -2.22. The van der Waals surface area contributed by atoms with Crippen LogP contribution in [0.15, 0.2) is 24.3 Å². The molecule has 0 spiro atoms. The van der Waals surface area contributed by atoms with Crippen molar-refractivity contribution < 1.29 is 0 Å². The van der Waals surface area contributed by atoms with Crippen molar-refractivity contribution in [2.24, 2.45) is 0 Å². The van der Waals surface area contributed by atoms with Crippen LogP contribution >= 0.6 is 11.8 Å². The lowest BCUT2D eigenvalue weighted by Gasteiger charge is -2.17. The highest BCUT2D eigenvalue weighted by atomic mass is 32.2. The zero-order valence-electron chi connectivity index (χ0n) is 10.6. The summed E-state index contributed by atoms with van der Waals surface area (Å²) in [5.41, 5.74) is 2.86. The third-order valence-electron chi connectivity index (χ3n) is 2.70. The van der Waals surface area contributed by atoms with E-state index in [1.807, 2.05) is 11.8 Å². The fourth-order valence-electron chi connectivity index (χ4n) is 1.89. The number of benzene rings is 1. The molecule has 0 saturated heterocycles. The van der Waals surface area contributed by atoms with Crippen LogP contribution in [0.3, 0.4) is 0 Å². The minimum Gasteiger partial charge on any atom is -0.310 e. The monoisotopic (exact) mass is 237 g/mol. The van der Waals surface area contributed by atoms with E-state index in [9.17, 15) is 0 Å². The summed E-state index contributed by atoms with van der Waals surface area (Å²) >= 11 is 1.90. The minimum atomic E-state index is 0.496. The maximum Gasteiger partial charge on any atom is 0.0411 e. The Labute approximate surface area is 104 Å². The third kappa shape index (κ3) is 4.18. The number of thioether (sulfide) groups is 1. The Morgan fingerprint density at radius 1 is 1.19 bits per heavy atom. The average Bonchev–Trinajstić information content (AvgIpc) is 2.30. The quantitative estimate of drug-likeness (QED) is 0.777. The highest BCUT2D eigenvalue weighted by molar-refractivity contribution is 7.98. The van der Waals surface area contributed by atoms with Crippen LogP contribution in [0.5, 0.6) is 0 Å². The molecule has 1 aromatic carbocycles. The molecule has 1 unspecified atom stereocenters. The van der Waals surface area contributed by atoms with Crippen LogP contribution in [0, 0.1) is 0 Å². The molecule has 0 aliphatic carbocycles. The topological polar surface area (TPSA) is 12.0 Å². The summed E-state index contributed by atoms with van der Waals surface area (Å²) < 4.78 is 0. The van der Waals surface area contributed by atoms with Crippen molar-refractivity contribution >= 4 is 11.8 Å². The van der Waals surface area contributed by atoms with Crippen molar-refractivity contribution in [3.05, 3.63) is 35.4 Å². The second kappa shape index (κ2) is 7.75. The molecular weight excluding hydrogens is 214 g/mol. The molecule has 1 atom stereocenters. The van der Waals surface area contributed by atoms with Crippen molar-refractivity contribution in [3.8, 4) is 0 Å². The van der Waals surface area contributed by atoms with Gasteiger partial charge in [-0.3, -0.25) is 0 Å². The normalized spacial score (nSPS) is 12.7. The van der Waals surface area contributed by atoms with E-state index in [4.69, 9.17) is 0 Å². The van der Waals surface area contributed by atoms with Crippen LogP contribution in [0.2, 0.25) is 0 Å². The molecule has 90 valence electrons. The molecule has 0 heterocycles. The van der Waals surface area contributed by atoms with E-state index >= 15 is 0 Å². The second-order valence-corrected chi connectivity index (χ2v) is 4.97. The largest absolute Gasteiger partial charge is 0.310 e. The summed E-state index contributed by atoms with van der Waals surface area (Å²) in [6.45, 7) is 5.42.